The smallest absolute Gasteiger partial charge is 0.0371 e. The molecule has 3 N–H and O–H groups in total. The van der Waals surface area contributed by atoms with E-state index in [-0.39, 0.29) is 0 Å². The molecule has 0 bridgehead atoms. The summed E-state index contributed by atoms with van der Waals surface area (Å²) in [7, 11) is 2.20. The summed E-state index contributed by atoms with van der Waals surface area (Å²) in [5, 5.41) is 3.52. The lowest BCUT2D eigenvalue weighted by Crippen LogP contribution is -2.31. The second kappa shape index (κ2) is 4.74. The topological polar surface area (TPSA) is 41.3 Å². The zero-order valence-corrected chi connectivity index (χ0v) is 10.2. The van der Waals surface area contributed by atoms with Gasteiger partial charge in [0.2, 0.25) is 0 Å². The Bertz CT molecular complexity index is 362. The minimum atomic E-state index is 0.678. The summed E-state index contributed by atoms with van der Waals surface area (Å²) >= 11 is 0. The molecule has 0 amide bonds. The average molecular weight is 219 g/mol. The Kier molecular flexibility index (Phi) is 3.34. The number of likely N-dealkylation sites (tertiary alicyclic amines) is 1. The third kappa shape index (κ3) is 2.47. The van der Waals surface area contributed by atoms with Crippen LogP contribution in [0.4, 0.5) is 11.4 Å². The summed E-state index contributed by atoms with van der Waals surface area (Å²) in [5.41, 5.74) is 8.99. The van der Waals surface area contributed by atoms with Crippen LogP contribution in [-0.2, 0) is 0 Å². The zero-order valence-electron chi connectivity index (χ0n) is 10.2. The number of benzene rings is 1. The summed E-state index contributed by atoms with van der Waals surface area (Å²) in [4.78, 5) is 2.43. The van der Waals surface area contributed by atoms with Crippen LogP contribution in [0, 0.1) is 6.92 Å². The summed E-state index contributed by atoms with van der Waals surface area (Å²) in [6, 6.07) is 6.71. The van der Waals surface area contributed by atoms with Gasteiger partial charge in [0.15, 0.2) is 0 Å². The summed E-state index contributed by atoms with van der Waals surface area (Å²) < 4.78 is 0. The molecule has 1 heterocycles. The number of nitrogen functional groups attached to an aromatic ring is 1. The van der Waals surface area contributed by atoms with Crippen LogP contribution in [0.15, 0.2) is 18.2 Å². The van der Waals surface area contributed by atoms with Crippen LogP contribution in [0.5, 0.6) is 0 Å². The molecule has 0 aromatic heterocycles. The number of nitrogens with two attached hydrogens (primary N) is 1. The average Bonchev–Trinajstić information content (AvgIpc) is 2.63. The monoisotopic (exact) mass is 219 g/mol. The summed E-state index contributed by atoms with van der Waals surface area (Å²) in [6.07, 6.45) is 2.63. The highest BCUT2D eigenvalue weighted by Gasteiger charge is 2.20. The van der Waals surface area contributed by atoms with Crippen LogP contribution in [0.1, 0.15) is 18.4 Å². The maximum absolute atomic E-state index is 5.73. The van der Waals surface area contributed by atoms with E-state index in [0.29, 0.717) is 6.04 Å². The van der Waals surface area contributed by atoms with Crippen LogP contribution >= 0.6 is 0 Å². The molecule has 0 aliphatic carbocycles. The van der Waals surface area contributed by atoms with Gasteiger partial charge < -0.3 is 16.0 Å². The third-order valence-electron chi connectivity index (χ3n) is 3.45. The number of hydrogen-bond acceptors (Lipinski definition) is 3. The van der Waals surface area contributed by atoms with Gasteiger partial charge in [0.05, 0.1) is 0 Å². The van der Waals surface area contributed by atoms with Crippen molar-refractivity contribution >= 4 is 11.4 Å². The minimum Gasteiger partial charge on any atom is -0.399 e. The maximum atomic E-state index is 5.73. The lowest BCUT2D eigenvalue weighted by atomic mass is 10.1. The fourth-order valence-electron chi connectivity index (χ4n) is 2.35. The van der Waals surface area contributed by atoms with Gasteiger partial charge >= 0.3 is 0 Å². The second-order valence-corrected chi connectivity index (χ2v) is 4.73. The van der Waals surface area contributed by atoms with Crippen LogP contribution in [0.2, 0.25) is 0 Å². The SMILES string of the molecule is Cc1cc(N)ccc1NCC1CCCN1C. The quantitative estimate of drug-likeness (QED) is 0.765. The Hall–Kier alpha value is -1.22. The Morgan fingerprint density at radius 1 is 1.50 bits per heavy atom. The van der Waals surface area contributed by atoms with E-state index in [4.69, 9.17) is 5.73 Å². The number of anilines is 2. The largest absolute Gasteiger partial charge is 0.399 e. The van der Waals surface area contributed by atoms with Gasteiger partial charge in [-0.2, -0.15) is 0 Å². The Balaban J connectivity index is 1.94. The number of hydrogen-bond donors (Lipinski definition) is 2. The molecule has 1 aromatic rings. The van der Waals surface area contributed by atoms with E-state index >= 15 is 0 Å². The van der Waals surface area contributed by atoms with E-state index in [0.717, 1.165) is 12.2 Å². The van der Waals surface area contributed by atoms with Gasteiger partial charge in [0.1, 0.15) is 0 Å². The lowest BCUT2D eigenvalue weighted by Gasteiger charge is -2.21. The highest BCUT2D eigenvalue weighted by molar-refractivity contribution is 5.57. The van der Waals surface area contributed by atoms with Crippen molar-refractivity contribution in [3.8, 4) is 0 Å². The molecule has 1 aromatic carbocycles. The van der Waals surface area contributed by atoms with Gasteiger partial charge in [-0.1, -0.05) is 0 Å². The molecule has 1 atom stereocenters. The Morgan fingerprint density at radius 3 is 2.94 bits per heavy atom. The van der Waals surface area contributed by atoms with Gasteiger partial charge in [-0.15, -0.1) is 0 Å². The van der Waals surface area contributed by atoms with Crippen molar-refractivity contribution in [2.45, 2.75) is 25.8 Å². The predicted octanol–water partition coefficient (Wildman–Crippen LogP) is 2.08. The highest BCUT2D eigenvalue weighted by Crippen LogP contribution is 2.20. The zero-order chi connectivity index (χ0) is 11.5. The molecule has 1 saturated heterocycles. The van der Waals surface area contributed by atoms with Crippen LogP contribution < -0.4 is 11.1 Å². The van der Waals surface area contributed by atoms with E-state index in [1.165, 1.54) is 30.6 Å². The molecule has 88 valence electrons. The third-order valence-corrected chi connectivity index (χ3v) is 3.45. The second-order valence-electron chi connectivity index (χ2n) is 4.73. The van der Waals surface area contributed by atoms with E-state index in [2.05, 4.69) is 30.3 Å². The number of likely N-dealkylation sites (N-methyl/N-ethyl adjacent to an activating group) is 1. The number of nitrogens with one attached hydrogen (secondary N) is 1. The molecule has 2 rings (SSSR count). The Morgan fingerprint density at radius 2 is 2.31 bits per heavy atom. The van der Waals surface area contributed by atoms with Crippen LogP contribution in [-0.4, -0.2) is 31.1 Å². The molecule has 1 unspecified atom stereocenters. The van der Waals surface area contributed by atoms with Gasteiger partial charge in [0, 0.05) is 24.0 Å². The lowest BCUT2D eigenvalue weighted by molar-refractivity contribution is 0.322. The first kappa shape index (κ1) is 11.3. The number of nitrogens with zero attached hydrogens (tertiary/aromatic N) is 1. The fourth-order valence-corrected chi connectivity index (χ4v) is 2.35. The van der Waals surface area contributed by atoms with E-state index in [1.807, 2.05) is 12.1 Å². The molecule has 1 fully saturated rings. The molecule has 16 heavy (non-hydrogen) atoms. The normalized spacial score (nSPS) is 21.2. The van der Waals surface area contributed by atoms with Crippen molar-refractivity contribution in [2.24, 2.45) is 0 Å². The van der Waals surface area contributed by atoms with Crippen molar-refractivity contribution in [3.63, 3.8) is 0 Å². The summed E-state index contributed by atoms with van der Waals surface area (Å²) in [5.74, 6) is 0. The fraction of sp³-hybridized carbons (Fsp3) is 0.538. The molecule has 0 saturated carbocycles. The van der Waals surface area contributed by atoms with Crippen molar-refractivity contribution in [1.29, 1.82) is 0 Å². The van der Waals surface area contributed by atoms with Gasteiger partial charge in [-0.25, -0.2) is 0 Å². The summed E-state index contributed by atoms with van der Waals surface area (Å²) in [6.45, 7) is 4.35. The van der Waals surface area contributed by atoms with Crippen LogP contribution in [0.25, 0.3) is 0 Å². The molecule has 0 radical (unpaired) electrons. The van der Waals surface area contributed by atoms with Gasteiger partial charge in [0.25, 0.3) is 0 Å². The minimum absolute atomic E-state index is 0.678. The van der Waals surface area contributed by atoms with E-state index < -0.39 is 0 Å². The number of aryl methyl sites for hydroxylation is 1. The van der Waals surface area contributed by atoms with Crippen molar-refractivity contribution in [1.82, 2.24) is 4.90 Å². The molecule has 1 aliphatic rings. The Labute approximate surface area is 97.6 Å². The van der Waals surface area contributed by atoms with Crippen molar-refractivity contribution in [3.05, 3.63) is 23.8 Å². The molecular formula is C13H21N3. The first-order valence-electron chi connectivity index (χ1n) is 5.97. The molecular weight excluding hydrogens is 198 g/mol. The van der Waals surface area contributed by atoms with E-state index in [9.17, 15) is 0 Å². The van der Waals surface area contributed by atoms with Gasteiger partial charge in [-0.05, 0) is 57.1 Å². The molecule has 0 spiro atoms. The molecule has 1 aliphatic heterocycles. The standard InChI is InChI=1S/C13H21N3/c1-10-8-11(14)5-6-13(10)15-9-12-4-3-7-16(12)2/h5-6,8,12,15H,3-4,7,9,14H2,1-2H3. The highest BCUT2D eigenvalue weighted by atomic mass is 15.2. The van der Waals surface area contributed by atoms with Crippen molar-refractivity contribution < 1.29 is 0 Å². The van der Waals surface area contributed by atoms with Crippen LogP contribution in [0.3, 0.4) is 0 Å². The predicted molar refractivity (Wildman–Crippen MR) is 69.7 cm³/mol. The van der Waals surface area contributed by atoms with Crippen molar-refractivity contribution in [2.75, 3.05) is 31.2 Å². The van der Waals surface area contributed by atoms with E-state index in [1.54, 1.807) is 0 Å². The molecule has 3 nitrogen and oxygen atoms in total. The maximum Gasteiger partial charge on any atom is 0.0371 e. The first-order chi connectivity index (χ1) is 7.66. The number of rotatable bonds is 3. The molecule has 3 heteroatoms. The first-order valence-corrected chi connectivity index (χ1v) is 5.97. The van der Waals surface area contributed by atoms with Gasteiger partial charge in [-0.3, -0.25) is 0 Å².